The molecule has 4 heterocycles. The molecule has 1 atom stereocenters. The molecule has 1 fully saturated rings. The van der Waals surface area contributed by atoms with Crippen molar-refractivity contribution in [2.24, 2.45) is 5.92 Å². The number of imidazole rings is 1. The van der Waals surface area contributed by atoms with Crippen LogP contribution in [0, 0.1) is 24.2 Å². The number of fused-ring (bicyclic) bond motifs is 1. The van der Waals surface area contributed by atoms with Crippen molar-refractivity contribution in [1.82, 2.24) is 18.9 Å². The maximum atomic E-state index is 14.3. The summed E-state index contributed by atoms with van der Waals surface area (Å²) in [5, 5.41) is 9.82. The fourth-order valence-electron chi connectivity index (χ4n) is 6.17. The number of rotatable bonds is 6. The molecule has 0 unspecified atom stereocenters. The third kappa shape index (κ3) is 5.24. The molecular weight excluding hydrogens is 547 g/mol. The molecule has 0 spiro atoms. The van der Waals surface area contributed by atoms with Crippen molar-refractivity contribution in [2.75, 3.05) is 13.1 Å². The zero-order chi connectivity index (χ0) is 28.9. The summed E-state index contributed by atoms with van der Waals surface area (Å²) >= 11 is 1.37. The normalized spacial score (nSPS) is 17.3. The first-order valence-electron chi connectivity index (χ1n) is 13.8. The summed E-state index contributed by atoms with van der Waals surface area (Å²) in [6.07, 6.45) is 4.41. The number of nitriles is 1. The molecule has 1 saturated carbocycles. The van der Waals surface area contributed by atoms with Gasteiger partial charge < -0.3 is 0 Å². The van der Waals surface area contributed by atoms with E-state index in [2.05, 4.69) is 22.0 Å². The van der Waals surface area contributed by atoms with Gasteiger partial charge in [-0.3, -0.25) is 13.9 Å². The van der Waals surface area contributed by atoms with Crippen LogP contribution in [-0.4, -0.2) is 31.9 Å². The lowest BCUT2D eigenvalue weighted by molar-refractivity contribution is -0.136. The van der Waals surface area contributed by atoms with Crippen molar-refractivity contribution in [3.8, 4) is 11.8 Å². The number of pyridine rings is 1. The smallest absolute Gasteiger partial charge is 0.295 e. The van der Waals surface area contributed by atoms with Gasteiger partial charge in [-0.05, 0) is 68.4 Å². The van der Waals surface area contributed by atoms with Crippen LogP contribution >= 0.6 is 11.3 Å². The molecule has 1 aliphatic carbocycles. The number of alkyl halides is 3. The molecule has 6 rings (SSSR count). The van der Waals surface area contributed by atoms with Gasteiger partial charge in [-0.25, -0.2) is 9.78 Å². The summed E-state index contributed by atoms with van der Waals surface area (Å²) < 4.78 is 45.2. The first kappa shape index (κ1) is 27.5. The number of nitrogens with zero attached hydrogens (tertiary/aromatic N) is 5. The Bertz CT molecular complexity index is 1750. The second-order valence-electron chi connectivity index (χ2n) is 11.2. The monoisotopic (exact) mass is 577 g/mol. The van der Waals surface area contributed by atoms with Crippen molar-refractivity contribution < 1.29 is 13.2 Å². The minimum absolute atomic E-state index is 0.0471. The number of thiazole rings is 1. The second-order valence-corrected chi connectivity index (χ2v) is 12.4. The average Bonchev–Trinajstić information content (AvgIpc) is 3.44. The number of hydrogen-bond acceptors (Lipinski definition) is 5. The van der Waals surface area contributed by atoms with Gasteiger partial charge in [-0.2, -0.15) is 18.4 Å². The molecular formula is C31H30F3N5OS. The molecule has 4 aromatic rings. The van der Waals surface area contributed by atoms with Gasteiger partial charge in [-0.1, -0.05) is 30.2 Å². The van der Waals surface area contributed by atoms with Crippen molar-refractivity contribution in [3.05, 3.63) is 97.1 Å². The van der Waals surface area contributed by atoms with Crippen LogP contribution in [0.25, 0.3) is 11.2 Å². The molecule has 0 radical (unpaired) electrons. The Labute approximate surface area is 240 Å². The van der Waals surface area contributed by atoms with E-state index in [4.69, 9.17) is 0 Å². The minimum atomic E-state index is -4.62. The van der Waals surface area contributed by atoms with Crippen molar-refractivity contribution in [1.29, 1.82) is 5.26 Å². The van der Waals surface area contributed by atoms with E-state index in [1.165, 1.54) is 33.7 Å². The molecule has 41 heavy (non-hydrogen) atoms. The van der Waals surface area contributed by atoms with E-state index >= 15 is 0 Å². The van der Waals surface area contributed by atoms with Crippen LogP contribution in [0.3, 0.4) is 0 Å². The summed E-state index contributed by atoms with van der Waals surface area (Å²) in [6.45, 7) is 5.77. The highest BCUT2D eigenvalue weighted by Gasteiger charge is 2.35. The average molecular weight is 578 g/mol. The van der Waals surface area contributed by atoms with Crippen LogP contribution < -0.4 is 5.69 Å². The molecule has 0 saturated heterocycles. The van der Waals surface area contributed by atoms with Gasteiger partial charge in [0.2, 0.25) is 0 Å². The minimum Gasteiger partial charge on any atom is -0.295 e. The number of benzene rings is 1. The van der Waals surface area contributed by atoms with E-state index < -0.39 is 17.4 Å². The molecule has 1 aromatic carbocycles. The first-order valence-corrected chi connectivity index (χ1v) is 14.6. The Morgan fingerprint density at radius 2 is 2.00 bits per heavy atom. The Morgan fingerprint density at radius 3 is 2.66 bits per heavy atom. The van der Waals surface area contributed by atoms with Crippen LogP contribution in [0.1, 0.15) is 70.8 Å². The SMILES string of the molecule is CC1=CCCN(Cc2cc(C(F)(F)F)c3cn(-c4cccc([C@H](c5nc(C#N)sc5C)C5CCC5)c4)c(=O)n3c2)C1. The zero-order valence-electron chi connectivity index (χ0n) is 22.9. The standard InChI is InChI=1S/C31H30F3N5OS/c1-19-6-5-11-37(15-19)16-21-12-25(31(32,33)34)26-18-38(30(40)39(26)17-21)24-10-4-9-23(13-24)28(22-7-3-8-22)29-20(2)41-27(14-35)36-29/h4,6,9-10,12-13,17-18,22,28H,3,5,7-8,11,15-16H2,1-2H3/t28-/m1/s1. The fraction of sp³-hybridized carbons (Fsp3) is 0.387. The summed E-state index contributed by atoms with van der Waals surface area (Å²) in [7, 11) is 0. The summed E-state index contributed by atoms with van der Waals surface area (Å²) in [5.41, 5.74) is 2.42. The molecule has 10 heteroatoms. The van der Waals surface area contributed by atoms with Gasteiger partial charge in [0.05, 0.1) is 22.5 Å². The van der Waals surface area contributed by atoms with E-state index in [-0.39, 0.29) is 11.4 Å². The number of aryl methyl sites for hydroxylation is 1. The largest absolute Gasteiger partial charge is 0.418 e. The van der Waals surface area contributed by atoms with Crippen LogP contribution in [0.5, 0.6) is 0 Å². The second kappa shape index (κ2) is 10.6. The van der Waals surface area contributed by atoms with E-state index in [1.54, 1.807) is 12.3 Å². The predicted molar refractivity (Wildman–Crippen MR) is 152 cm³/mol. The highest BCUT2D eigenvalue weighted by Crippen LogP contribution is 2.45. The summed E-state index contributed by atoms with van der Waals surface area (Å²) in [4.78, 5) is 21.3. The van der Waals surface area contributed by atoms with Gasteiger partial charge in [0.1, 0.15) is 6.07 Å². The van der Waals surface area contributed by atoms with Crippen molar-refractivity contribution in [3.63, 3.8) is 0 Å². The number of aromatic nitrogens is 3. The van der Waals surface area contributed by atoms with Crippen LogP contribution in [0.4, 0.5) is 13.2 Å². The molecule has 3 aromatic heterocycles. The van der Waals surface area contributed by atoms with E-state index in [1.807, 2.05) is 32.0 Å². The van der Waals surface area contributed by atoms with Gasteiger partial charge in [0.25, 0.3) is 0 Å². The van der Waals surface area contributed by atoms with E-state index in [0.717, 1.165) is 52.8 Å². The molecule has 0 bridgehead atoms. The summed E-state index contributed by atoms with van der Waals surface area (Å²) in [5.74, 6) is 0.309. The number of halogens is 3. The van der Waals surface area contributed by atoms with Gasteiger partial charge >= 0.3 is 11.9 Å². The summed E-state index contributed by atoms with van der Waals surface area (Å²) in [6, 6.07) is 10.8. The Kier molecular flexibility index (Phi) is 7.12. The number of hydrogen-bond donors (Lipinski definition) is 0. The van der Waals surface area contributed by atoms with Crippen molar-refractivity contribution in [2.45, 2.75) is 58.2 Å². The quantitative estimate of drug-likeness (QED) is 0.236. The first-order chi connectivity index (χ1) is 19.6. The lowest BCUT2D eigenvalue weighted by atomic mass is 9.71. The third-order valence-electron chi connectivity index (χ3n) is 8.30. The van der Waals surface area contributed by atoms with Gasteiger partial charge in [-0.15, -0.1) is 11.3 Å². The zero-order valence-corrected chi connectivity index (χ0v) is 23.7. The van der Waals surface area contributed by atoms with E-state index in [0.29, 0.717) is 35.3 Å². The van der Waals surface area contributed by atoms with Gasteiger partial charge in [0.15, 0.2) is 5.01 Å². The molecule has 6 nitrogen and oxygen atoms in total. The molecule has 1 aliphatic heterocycles. The molecule has 2 aliphatic rings. The van der Waals surface area contributed by atoms with Crippen molar-refractivity contribution >= 4 is 16.9 Å². The van der Waals surface area contributed by atoms with Gasteiger partial charge in [0, 0.05) is 42.8 Å². The van der Waals surface area contributed by atoms with E-state index in [9.17, 15) is 23.2 Å². The Hall–Kier alpha value is -3.68. The van der Waals surface area contributed by atoms with Crippen LogP contribution in [-0.2, 0) is 12.7 Å². The van der Waals surface area contributed by atoms with Crippen LogP contribution in [0.15, 0.2) is 59.2 Å². The molecule has 0 amide bonds. The maximum Gasteiger partial charge on any atom is 0.418 e. The molecule has 212 valence electrons. The third-order valence-corrected chi connectivity index (χ3v) is 9.19. The fourth-order valence-corrected chi connectivity index (χ4v) is 6.92. The lowest BCUT2D eigenvalue weighted by Gasteiger charge is -2.34. The lowest BCUT2D eigenvalue weighted by Crippen LogP contribution is -2.29. The molecule has 0 N–H and O–H groups in total. The predicted octanol–water partition coefficient (Wildman–Crippen LogP) is 6.83. The van der Waals surface area contributed by atoms with Crippen LogP contribution in [0.2, 0.25) is 0 Å². The highest BCUT2D eigenvalue weighted by atomic mass is 32.1. The highest BCUT2D eigenvalue weighted by molar-refractivity contribution is 7.12. The maximum absolute atomic E-state index is 14.3. The topological polar surface area (TPSA) is 66.3 Å². The Balaban J connectivity index is 1.43. The Morgan fingerprint density at radius 1 is 1.20 bits per heavy atom.